The Kier molecular flexibility index (Phi) is 3.35. The summed E-state index contributed by atoms with van der Waals surface area (Å²) in [6.45, 7) is 0. The molecule has 98 valence electrons. The van der Waals surface area contributed by atoms with E-state index in [0.717, 1.165) is 0 Å². The number of halogens is 4. The molecule has 1 N–H and O–H groups in total. The summed E-state index contributed by atoms with van der Waals surface area (Å²) in [5.41, 5.74) is -1.54. The Bertz CT molecular complexity index is 515. The second-order valence-corrected chi connectivity index (χ2v) is 2.75. The number of ether oxygens (including phenoxy) is 1. The predicted octanol–water partition coefficient (Wildman–Crippen LogP) is 1.73. The van der Waals surface area contributed by atoms with E-state index in [-0.39, 0.29) is 6.07 Å². The van der Waals surface area contributed by atoms with Gasteiger partial charge in [0.15, 0.2) is 5.75 Å². The van der Waals surface area contributed by atoms with Crippen molar-refractivity contribution >= 4 is 11.8 Å². The molecule has 1 rings (SSSR count). The van der Waals surface area contributed by atoms with E-state index in [1.807, 2.05) is 0 Å². The molecule has 0 aliphatic heterocycles. The number of aromatic nitrogens is 1. The first-order chi connectivity index (χ1) is 8.11. The zero-order valence-electron chi connectivity index (χ0n) is 8.06. The van der Waals surface area contributed by atoms with Crippen LogP contribution < -0.4 is 4.74 Å². The van der Waals surface area contributed by atoms with Crippen LogP contribution in [0.3, 0.4) is 0 Å². The molecule has 0 atom stereocenters. The molecule has 0 spiro atoms. The standard InChI is InChI=1S/C7H2F4N2O5/c8-4-2(18-7(9,10)11)1-3(13(16)17)12-5(4)6(14)15/h1H,(H,14,15). The van der Waals surface area contributed by atoms with Crippen LogP contribution in [-0.2, 0) is 0 Å². The molecule has 0 fully saturated rings. The Balaban J connectivity index is 3.40. The molecule has 0 radical (unpaired) electrons. The average Bonchev–Trinajstić information content (AvgIpc) is 2.18. The summed E-state index contributed by atoms with van der Waals surface area (Å²) in [6, 6.07) is 0.0370. The molecule has 0 aliphatic carbocycles. The van der Waals surface area contributed by atoms with E-state index in [9.17, 15) is 32.5 Å². The second-order valence-electron chi connectivity index (χ2n) is 2.75. The minimum absolute atomic E-state index is 0.0370. The third-order valence-corrected chi connectivity index (χ3v) is 1.53. The van der Waals surface area contributed by atoms with Crippen molar-refractivity contribution in [1.29, 1.82) is 0 Å². The lowest BCUT2D eigenvalue weighted by molar-refractivity contribution is -0.389. The summed E-state index contributed by atoms with van der Waals surface area (Å²) in [4.78, 5) is 22.2. The maximum absolute atomic E-state index is 13.2. The molecule has 1 aromatic heterocycles. The number of alkyl halides is 3. The monoisotopic (exact) mass is 270 g/mol. The average molecular weight is 270 g/mol. The Labute approximate surface area is 94.8 Å². The number of hydrogen-bond donors (Lipinski definition) is 1. The second kappa shape index (κ2) is 4.43. The summed E-state index contributed by atoms with van der Waals surface area (Å²) in [5, 5.41) is 18.7. The first-order valence-corrected chi connectivity index (χ1v) is 3.96. The highest BCUT2D eigenvalue weighted by molar-refractivity contribution is 5.86. The fourth-order valence-electron chi connectivity index (χ4n) is 0.927. The molecule has 18 heavy (non-hydrogen) atoms. The number of carboxylic acid groups (broad SMARTS) is 1. The van der Waals surface area contributed by atoms with Crippen molar-refractivity contribution in [2.75, 3.05) is 0 Å². The van der Waals surface area contributed by atoms with Gasteiger partial charge in [-0.15, -0.1) is 13.2 Å². The van der Waals surface area contributed by atoms with E-state index in [0.29, 0.717) is 0 Å². The van der Waals surface area contributed by atoms with Crippen LogP contribution in [0.1, 0.15) is 10.5 Å². The highest BCUT2D eigenvalue weighted by Gasteiger charge is 2.36. The maximum atomic E-state index is 13.2. The van der Waals surface area contributed by atoms with Gasteiger partial charge >= 0.3 is 18.1 Å². The molecule has 0 saturated carbocycles. The fourth-order valence-corrected chi connectivity index (χ4v) is 0.927. The minimum Gasteiger partial charge on any atom is -0.475 e. The van der Waals surface area contributed by atoms with E-state index in [1.54, 1.807) is 0 Å². The SMILES string of the molecule is O=C(O)c1nc([N+](=O)[O-])cc(OC(F)(F)F)c1F. The molecular weight excluding hydrogens is 268 g/mol. The van der Waals surface area contributed by atoms with Gasteiger partial charge in [-0.1, -0.05) is 0 Å². The van der Waals surface area contributed by atoms with Crippen molar-refractivity contribution in [2.45, 2.75) is 6.36 Å². The van der Waals surface area contributed by atoms with Gasteiger partial charge in [-0.05, 0) is 9.91 Å². The van der Waals surface area contributed by atoms with Crippen molar-refractivity contribution in [2.24, 2.45) is 0 Å². The topological polar surface area (TPSA) is 103 Å². The lowest BCUT2D eigenvalue weighted by atomic mass is 10.3. The molecular formula is C7H2F4N2O5. The maximum Gasteiger partial charge on any atom is 0.573 e. The zero-order valence-corrected chi connectivity index (χ0v) is 8.06. The van der Waals surface area contributed by atoms with E-state index in [1.165, 1.54) is 0 Å². The first kappa shape index (κ1) is 13.6. The zero-order chi connectivity index (χ0) is 14.1. The summed E-state index contributed by atoms with van der Waals surface area (Å²) in [7, 11) is 0. The number of pyridine rings is 1. The molecule has 0 bridgehead atoms. The van der Waals surface area contributed by atoms with Crippen molar-refractivity contribution in [3.05, 3.63) is 27.7 Å². The molecule has 1 aromatic rings. The predicted molar refractivity (Wildman–Crippen MR) is 44.5 cm³/mol. The van der Waals surface area contributed by atoms with Crippen LogP contribution in [0.2, 0.25) is 0 Å². The van der Waals surface area contributed by atoms with Crippen LogP contribution in [0.15, 0.2) is 6.07 Å². The normalized spacial score (nSPS) is 11.1. The third kappa shape index (κ3) is 3.02. The van der Waals surface area contributed by atoms with E-state index in [4.69, 9.17) is 5.11 Å². The molecule has 0 saturated heterocycles. The Morgan fingerprint density at radius 2 is 2.06 bits per heavy atom. The van der Waals surface area contributed by atoms with E-state index in [2.05, 4.69) is 9.72 Å². The van der Waals surface area contributed by atoms with Gasteiger partial charge < -0.3 is 20.0 Å². The third-order valence-electron chi connectivity index (χ3n) is 1.53. The Hall–Kier alpha value is -2.46. The fraction of sp³-hybridized carbons (Fsp3) is 0.143. The van der Waals surface area contributed by atoms with Crippen LogP contribution >= 0.6 is 0 Å². The number of carbonyl (C=O) groups is 1. The van der Waals surface area contributed by atoms with Gasteiger partial charge in [-0.2, -0.15) is 4.39 Å². The molecule has 0 aromatic carbocycles. The van der Waals surface area contributed by atoms with Gasteiger partial charge in [0.1, 0.15) is 0 Å². The van der Waals surface area contributed by atoms with E-state index < -0.39 is 40.3 Å². The Morgan fingerprint density at radius 1 is 1.50 bits per heavy atom. The number of carboxylic acids is 1. The van der Waals surface area contributed by atoms with E-state index >= 15 is 0 Å². The van der Waals surface area contributed by atoms with Crippen LogP contribution in [0.5, 0.6) is 5.75 Å². The van der Waals surface area contributed by atoms with Crippen LogP contribution in [0, 0.1) is 15.9 Å². The lowest BCUT2D eigenvalue weighted by Gasteiger charge is -2.09. The summed E-state index contributed by atoms with van der Waals surface area (Å²) in [5.74, 6) is -6.94. The smallest absolute Gasteiger partial charge is 0.475 e. The van der Waals surface area contributed by atoms with Crippen molar-refractivity contribution in [1.82, 2.24) is 4.98 Å². The van der Waals surface area contributed by atoms with Gasteiger partial charge in [0.05, 0.1) is 6.07 Å². The van der Waals surface area contributed by atoms with Crippen LogP contribution in [-0.4, -0.2) is 27.3 Å². The van der Waals surface area contributed by atoms with Crippen LogP contribution in [0.25, 0.3) is 0 Å². The number of nitro groups is 1. The summed E-state index contributed by atoms with van der Waals surface area (Å²) in [6.07, 6.45) is -5.33. The molecule has 0 unspecified atom stereocenters. The highest BCUT2D eigenvalue weighted by Crippen LogP contribution is 2.29. The summed E-state index contributed by atoms with van der Waals surface area (Å²) >= 11 is 0. The molecule has 0 aliphatic rings. The van der Waals surface area contributed by atoms with Gasteiger partial charge in [-0.25, -0.2) is 4.79 Å². The number of nitrogens with zero attached hydrogens (tertiary/aromatic N) is 2. The first-order valence-electron chi connectivity index (χ1n) is 3.96. The van der Waals surface area contributed by atoms with Gasteiger partial charge in [-0.3, -0.25) is 0 Å². The van der Waals surface area contributed by atoms with Crippen molar-refractivity contribution in [3.8, 4) is 5.75 Å². The largest absolute Gasteiger partial charge is 0.573 e. The van der Waals surface area contributed by atoms with Gasteiger partial charge in [0.2, 0.25) is 5.82 Å². The minimum atomic E-state index is -5.33. The molecule has 7 nitrogen and oxygen atoms in total. The molecule has 11 heteroatoms. The van der Waals surface area contributed by atoms with Gasteiger partial charge in [0.25, 0.3) is 5.69 Å². The van der Waals surface area contributed by atoms with Crippen molar-refractivity contribution < 1.29 is 37.1 Å². The highest BCUT2D eigenvalue weighted by atomic mass is 19.4. The number of aromatic carboxylic acids is 1. The number of rotatable bonds is 3. The van der Waals surface area contributed by atoms with Gasteiger partial charge in [0, 0.05) is 0 Å². The number of hydrogen-bond acceptors (Lipinski definition) is 5. The van der Waals surface area contributed by atoms with Crippen LogP contribution in [0.4, 0.5) is 23.4 Å². The summed E-state index contributed by atoms with van der Waals surface area (Å²) < 4.78 is 51.9. The lowest BCUT2D eigenvalue weighted by Crippen LogP contribution is -2.19. The molecule has 1 heterocycles. The quantitative estimate of drug-likeness (QED) is 0.509. The Morgan fingerprint density at radius 3 is 2.44 bits per heavy atom. The molecule has 0 amide bonds. The van der Waals surface area contributed by atoms with Crippen molar-refractivity contribution in [3.63, 3.8) is 0 Å².